The van der Waals surface area contributed by atoms with Crippen LogP contribution in [0, 0.1) is 5.13 Å². The first-order valence-corrected chi connectivity index (χ1v) is 13.8. The molecule has 5 rings (SSSR count). The lowest BCUT2D eigenvalue weighted by atomic mass is 9.93. The number of carbonyl (C=O) groups excluding carboxylic acids is 2. The second kappa shape index (κ2) is 11.3. The number of halogens is 2. The summed E-state index contributed by atoms with van der Waals surface area (Å²) in [6, 6.07) is 21.7. The van der Waals surface area contributed by atoms with E-state index in [1.54, 1.807) is 38.3 Å². The Kier molecular flexibility index (Phi) is 7.83. The molecule has 1 heterocycles. The van der Waals surface area contributed by atoms with E-state index in [-0.39, 0.29) is 11.7 Å². The maximum absolute atomic E-state index is 14.4. The molecule has 1 atom stereocenters. The molecule has 40 heavy (non-hydrogen) atoms. The summed E-state index contributed by atoms with van der Waals surface area (Å²) in [5, 5.41) is 2.69. The predicted molar refractivity (Wildman–Crippen MR) is 155 cm³/mol. The minimum absolute atomic E-state index is 0.211. The maximum atomic E-state index is 14.4. The summed E-state index contributed by atoms with van der Waals surface area (Å²) in [5.74, 6) is 0.367. The van der Waals surface area contributed by atoms with E-state index >= 15 is 0 Å². The van der Waals surface area contributed by atoms with Gasteiger partial charge >= 0.3 is 12.1 Å². The standard InChI is InChI=1S/C31H27ClFNO5S/c1-18(22-6-4-5-7-24(22)32)39-30(36)34-25-17-27(33)40-28(25)20-10-13-23(26(16-20)37-2)19-8-11-21(12-9-19)31(14-15-31)29(35)38-3/h4-13,16-18H,14-15H2,1-3H3,(H,34,36)/t18-/m1/s1. The molecule has 0 saturated heterocycles. The van der Waals surface area contributed by atoms with Gasteiger partial charge in [0.1, 0.15) is 11.9 Å². The average molecular weight is 580 g/mol. The molecule has 1 aliphatic rings. The van der Waals surface area contributed by atoms with Crippen LogP contribution >= 0.6 is 22.9 Å². The lowest BCUT2D eigenvalue weighted by molar-refractivity contribution is -0.143. The second-order valence-corrected chi connectivity index (χ2v) is 11.0. The van der Waals surface area contributed by atoms with E-state index in [0.717, 1.165) is 40.9 Å². The van der Waals surface area contributed by atoms with Gasteiger partial charge in [-0.25, -0.2) is 4.79 Å². The fourth-order valence-electron chi connectivity index (χ4n) is 4.81. The molecule has 0 unspecified atom stereocenters. The summed E-state index contributed by atoms with van der Waals surface area (Å²) in [6.45, 7) is 1.71. The molecule has 0 aliphatic heterocycles. The number of rotatable bonds is 8. The normalized spacial score (nSPS) is 14.2. The largest absolute Gasteiger partial charge is 0.496 e. The van der Waals surface area contributed by atoms with Gasteiger partial charge in [-0.1, -0.05) is 66.2 Å². The number of esters is 1. The molecule has 9 heteroatoms. The number of hydrogen-bond donors (Lipinski definition) is 1. The fourth-order valence-corrected chi connectivity index (χ4v) is 5.93. The van der Waals surface area contributed by atoms with Crippen molar-refractivity contribution in [1.29, 1.82) is 0 Å². The molecule has 0 spiro atoms. The zero-order valence-corrected chi connectivity index (χ0v) is 23.7. The highest BCUT2D eigenvalue weighted by Gasteiger charge is 2.52. The van der Waals surface area contributed by atoms with E-state index < -0.39 is 22.7 Å². The van der Waals surface area contributed by atoms with E-state index in [2.05, 4.69) is 5.32 Å². The zero-order valence-electron chi connectivity index (χ0n) is 22.1. The Morgan fingerprint density at radius 2 is 1.70 bits per heavy atom. The molecular formula is C31H27ClFNO5S. The third-order valence-electron chi connectivity index (χ3n) is 7.10. The number of carbonyl (C=O) groups is 2. The van der Waals surface area contributed by atoms with Crippen molar-refractivity contribution < 1.29 is 28.2 Å². The summed E-state index contributed by atoms with van der Waals surface area (Å²) in [5.41, 5.74) is 3.75. The SMILES string of the molecule is COC(=O)C1(c2ccc(-c3ccc(-c4sc(F)cc4NC(=O)O[C@H](C)c4ccccc4Cl)cc3OC)cc2)CC1. The summed E-state index contributed by atoms with van der Waals surface area (Å²) in [4.78, 5) is 25.4. The average Bonchev–Trinajstić information content (AvgIpc) is 3.69. The molecule has 1 aliphatic carbocycles. The van der Waals surface area contributed by atoms with Crippen LogP contribution < -0.4 is 10.1 Å². The smallest absolute Gasteiger partial charge is 0.412 e. The number of amides is 1. The van der Waals surface area contributed by atoms with Crippen LogP contribution in [-0.2, 0) is 19.7 Å². The van der Waals surface area contributed by atoms with Crippen LogP contribution in [0.5, 0.6) is 5.75 Å². The van der Waals surface area contributed by atoms with Gasteiger partial charge in [0, 0.05) is 22.2 Å². The van der Waals surface area contributed by atoms with Gasteiger partial charge < -0.3 is 14.2 Å². The fraction of sp³-hybridized carbons (Fsp3) is 0.226. The molecule has 0 bridgehead atoms. The highest BCUT2D eigenvalue weighted by molar-refractivity contribution is 7.14. The van der Waals surface area contributed by atoms with Gasteiger partial charge in [-0.2, -0.15) is 4.39 Å². The van der Waals surface area contributed by atoms with Crippen LogP contribution in [0.4, 0.5) is 14.9 Å². The number of ether oxygens (including phenoxy) is 3. The van der Waals surface area contributed by atoms with Gasteiger partial charge in [0.15, 0.2) is 5.13 Å². The third-order valence-corrected chi connectivity index (χ3v) is 8.42. The molecule has 1 amide bonds. The number of methoxy groups -OCH3 is 2. The molecule has 6 nitrogen and oxygen atoms in total. The highest BCUT2D eigenvalue weighted by atomic mass is 35.5. The Morgan fingerprint density at radius 3 is 2.35 bits per heavy atom. The maximum Gasteiger partial charge on any atom is 0.412 e. The molecule has 1 N–H and O–H groups in total. The number of hydrogen-bond acceptors (Lipinski definition) is 6. The predicted octanol–water partition coefficient (Wildman–Crippen LogP) is 8.40. The first-order chi connectivity index (χ1) is 19.3. The molecule has 3 aromatic carbocycles. The van der Waals surface area contributed by atoms with Crippen molar-refractivity contribution in [2.75, 3.05) is 19.5 Å². The van der Waals surface area contributed by atoms with E-state index in [0.29, 0.717) is 26.8 Å². The Bertz CT molecular complexity index is 1560. The van der Waals surface area contributed by atoms with Crippen molar-refractivity contribution in [2.24, 2.45) is 0 Å². The molecule has 1 fully saturated rings. The summed E-state index contributed by atoms with van der Waals surface area (Å²) in [7, 11) is 2.98. The van der Waals surface area contributed by atoms with Gasteiger partial charge in [-0.3, -0.25) is 10.1 Å². The van der Waals surface area contributed by atoms with Gasteiger partial charge in [0.25, 0.3) is 0 Å². The minimum atomic E-state index is -0.726. The van der Waals surface area contributed by atoms with Crippen molar-refractivity contribution >= 4 is 40.7 Å². The van der Waals surface area contributed by atoms with Crippen molar-refractivity contribution in [3.05, 3.63) is 94.1 Å². The van der Waals surface area contributed by atoms with Crippen molar-refractivity contribution in [3.8, 4) is 27.3 Å². The first kappa shape index (κ1) is 27.7. The summed E-state index contributed by atoms with van der Waals surface area (Å²) < 4.78 is 30.6. The van der Waals surface area contributed by atoms with Gasteiger partial charge in [-0.05, 0) is 48.6 Å². The van der Waals surface area contributed by atoms with E-state index in [9.17, 15) is 14.0 Å². The number of anilines is 1. The monoisotopic (exact) mass is 579 g/mol. The number of benzene rings is 3. The lowest BCUT2D eigenvalue weighted by Gasteiger charge is -2.16. The van der Waals surface area contributed by atoms with Crippen molar-refractivity contribution in [2.45, 2.75) is 31.3 Å². The Hall–Kier alpha value is -3.88. The topological polar surface area (TPSA) is 73.9 Å². The van der Waals surface area contributed by atoms with Crippen molar-refractivity contribution in [3.63, 3.8) is 0 Å². The van der Waals surface area contributed by atoms with Crippen LogP contribution in [0.3, 0.4) is 0 Å². The quantitative estimate of drug-likeness (QED) is 0.212. The van der Waals surface area contributed by atoms with Gasteiger partial charge in [0.05, 0.1) is 30.2 Å². The first-order valence-electron chi connectivity index (χ1n) is 12.6. The van der Waals surface area contributed by atoms with E-state index in [4.69, 9.17) is 25.8 Å². The summed E-state index contributed by atoms with van der Waals surface area (Å²) in [6.07, 6.45) is 0.221. The molecule has 4 aromatic rings. The Morgan fingerprint density at radius 1 is 1.00 bits per heavy atom. The lowest BCUT2D eigenvalue weighted by Crippen LogP contribution is -2.21. The Labute approximate surface area is 240 Å². The van der Waals surface area contributed by atoms with Gasteiger partial charge in [-0.15, -0.1) is 11.3 Å². The molecule has 206 valence electrons. The zero-order chi connectivity index (χ0) is 28.4. The molecule has 0 radical (unpaired) electrons. The van der Waals surface area contributed by atoms with Crippen LogP contribution in [0.15, 0.2) is 72.8 Å². The third kappa shape index (κ3) is 5.42. The highest BCUT2D eigenvalue weighted by Crippen LogP contribution is 2.49. The van der Waals surface area contributed by atoms with Crippen molar-refractivity contribution in [1.82, 2.24) is 0 Å². The van der Waals surface area contributed by atoms with Crippen LogP contribution in [0.1, 0.15) is 37.0 Å². The van der Waals surface area contributed by atoms with Crippen LogP contribution in [0.2, 0.25) is 5.02 Å². The second-order valence-electron chi connectivity index (χ2n) is 9.55. The van der Waals surface area contributed by atoms with Gasteiger partial charge in [0.2, 0.25) is 0 Å². The Balaban J connectivity index is 1.36. The van der Waals surface area contributed by atoms with E-state index in [1.807, 2.05) is 42.5 Å². The molecular weight excluding hydrogens is 553 g/mol. The minimum Gasteiger partial charge on any atom is -0.496 e. The van der Waals surface area contributed by atoms with Crippen LogP contribution in [0.25, 0.3) is 21.6 Å². The van der Waals surface area contributed by atoms with Crippen LogP contribution in [-0.4, -0.2) is 26.3 Å². The number of thiophene rings is 1. The number of nitrogens with one attached hydrogen (secondary N) is 1. The molecule has 1 saturated carbocycles. The van der Waals surface area contributed by atoms with E-state index in [1.165, 1.54) is 13.2 Å². The molecule has 1 aromatic heterocycles. The summed E-state index contributed by atoms with van der Waals surface area (Å²) >= 11 is 7.12.